The molecule has 0 aromatic heterocycles. The first-order valence-corrected chi connectivity index (χ1v) is 8.82. The molecule has 2 aliphatic rings. The van der Waals surface area contributed by atoms with Gasteiger partial charge in [0.25, 0.3) is 0 Å². The Labute approximate surface area is 140 Å². The van der Waals surface area contributed by atoms with Gasteiger partial charge >= 0.3 is 5.97 Å². The second kappa shape index (κ2) is 6.43. The first kappa shape index (κ1) is 18.3. The number of carboxylic acids is 1. The molecule has 23 heavy (non-hydrogen) atoms. The van der Waals surface area contributed by atoms with Gasteiger partial charge in [-0.1, -0.05) is 38.5 Å². The van der Waals surface area contributed by atoms with Crippen LogP contribution in [0.15, 0.2) is 23.8 Å². The summed E-state index contributed by atoms with van der Waals surface area (Å²) in [6.07, 6.45) is 6.73. The third-order valence-electron chi connectivity index (χ3n) is 6.42. The summed E-state index contributed by atoms with van der Waals surface area (Å²) in [4.78, 5) is 10.8. The van der Waals surface area contributed by atoms with E-state index < -0.39 is 5.97 Å². The van der Waals surface area contributed by atoms with Crippen LogP contribution in [0.4, 0.5) is 0 Å². The van der Waals surface area contributed by atoms with E-state index in [1.165, 1.54) is 11.6 Å². The minimum absolute atomic E-state index is 0.0694. The highest BCUT2D eigenvalue weighted by atomic mass is 16.4. The van der Waals surface area contributed by atoms with E-state index in [0.29, 0.717) is 11.8 Å². The summed E-state index contributed by atoms with van der Waals surface area (Å²) in [7, 11) is 0. The SMILES string of the molecule is C=C1CC[C@@H]2C(C)(C)C[C@@H](O)C[C@@]2(C)[C@H]1CC/C(C)=C\C(=O)O. The summed E-state index contributed by atoms with van der Waals surface area (Å²) in [5.74, 6) is 0.0913. The van der Waals surface area contributed by atoms with Gasteiger partial charge in [-0.05, 0) is 68.1 Å². The molecule has 2 aliphatic carbocycles. The summed E-state index contributed by atoms with van der Waals surface area (Å²) in [6, 6.07) is 0. The van der Waals surface area contributed by atoms with Crippen LogP contribution in [0.3, 0.4) is 0 Å². The fraction of sp³-hybridized carbons (Fsp3) is 0.750. The number of aliphatic carboxylic acids is 1. The van der Waals surface area contributed by atoms with Gasteiger partial charge in [-0.15, -0.1) is 0 Å². The molecular weight excluding hydrogens is 288 g/mol. The van der Waals surface area contributed by atoms with E-state index in [-0.39, 0.29) is 16.9 Å². The third-order valence-corrected chi connectivity index (χ3v) is 6.42. The van der Waals surface area contributed by atoms with Gasteiger partial charge in [-0.25, -0.2) is 4.79 Å². The second-order valence-corrected chi connectivity index (χ2v) is 8.73. The number of carboxylic acid groups (broad SMARTS) is 1. The number of rotatable bonds is 4. The quantitative estimate of drug-likeness (QED) is 0.589. The molecule has 0 spiro atoms. The molecule has 0 radical (unpaired) electrons. The van der Waals surface area contributed by atoms with E-state index in [0.717, 1.165) is 44.1 Å². The Morgan fingerprint density at radius 3 is 2.61 bits per heavy atom. The molecule has 2 fully saturated rings. The second-order valence-electron chi connectivity index (χ2n) is 8.73. The highest BCUT2D eigenvalue weighted by Crippen LogP contribution is 2.61. The zero-order chi connectivity index (χ0) is 17.4. The fourth-order valence-corrected chi connectivity index (χ4v) is 5.63. The third kappa shape index (κ3) is 3.71. The highest BCUT2D eigenvalue weighted by molar-refractivity contribution is 5.80. The van der Waals surface area contributed by atoms with E-state index in [1.807, 2.05) is 6.92 Å². The largest absolute Gasteiger partial charge is 0.478 e. The number of hydrogen-bond donors (Lipinski definition) is 2. The van der Waals surface area contributed by atoms with Gasteiger partial charge in [-0.3, -0.25) is 0 Å². The number of allylic oxidation sites excluding steroid dienone is 2. The summed E-state index contributed by atoms with van der Waals surface area (Å²) < 4.78 is 0. The average Bonchev–Trinajstić information content (AvgIpc) is 2.34. The predicted molar refractivity (Wildman–Crippen MR) is 93.1 cm³/mol. The van der Waals surface area contributed by atoms with Gasteiger partial charge in [0.2, 0.25) is 0 Å². The van der Waals surface area contributed by atoms with Crippen molar-refractivity contribution in [2.45, 2.75) is 72.3 Å². The molecule has 0 bridgehead atoms. The van der Waals surface area contributed by atoms with Crippen LogP contribution in [0.1, 0.15) is 66.2 Å². The number of fused-ring (bicyclic) bond motifs is 1. The van der Waals surface area contributed by atoms with E-state index in [1.54, 1.807) is 0 Å². The van der Waals surface area contributed by atoms with Crippen molar-refractivity contribution < 1.29 is 15.0 Å². The monoisotopic (exact) mass is 320 g/mol. The molecule has 2 N–H and O–H groups in total. The van der Waals surface area contributed by atoms with Crippen LogP contribution in [0.5, 0.6) is 0 Å². The van der Waals surface area contributed by atoms with Gasteiger partial charge in [0.05, 0.1) is 6.10 Å². The minimum Gasteiger partial charge on any atom is -0.478 e. The summed E-state index contributed by atoms with van der Waals surface area (Å²) >= 11 is 0. The van der Waals surface area contributed by atoms with Crippen molar-refractivity contribution >= 4 is 5.97 Å². The van der Waals surface area contributed by atoms with E-state index in [2.05, 4.69) is 27.4 Å². The predicted octanol–water partition coefficient (Wildman–Crippen LogP) is 4.57. The smallest absolute Gasteiger partial charge is 0.328 e. The van der Waals surface area contributed by atoms with Crippen LogP contribution in [0.25, 0.3) is 0 Å². The van der Waals surface area contributed by atoms with Gasteiger partial charge in [-0.2, -0.15) is 0 Å². The Hall–Kier alpha value is -1.09. The van der Waals surface area contributed by atoms with Gasteiger partial charge in [0, 0.05) is 6.08 Å². The maximum absolute atomic E-state index is 10.8. The average molecular weight is 320 g/mol. The molecule has 4 atom stereocenters. The van der Waals surface area contributed by atoms with E-state index >= 15 is 0 Å². The molecule has 2 saturated carbocycles. The van der Waals surface area contributed by atoms with Gasteiger partial charge in [0.15, 0.2) is 0 Å². The van der Waals surface area contributed by atoms with E-state index in [9.17, 15) is 9.90 Å². The Bertz CT molecular complexity index is 517. The lowest BCUT2D eigenvalue weighted by atomic mass is 9.46. The summed E-state index contributed by atoms with van der Waals surface area (Å²) in [5.41, 5.74) is 2.42. The molecule has 0 amide bonds. The molecule has 3 heteroatoms. The number of aliphatic hydroxyl groups is 1. The van der Waals surface area contributed by atoms with Crippen LogP contribution in [-0.2, 0) is 4.79 Å². The topological polar surface area (TPSA) is 57.5 Å². The fourth-order valence-electron chi connectivity index (χ4n) is 5.63. The maximum atomic E-state index is 10.8. The Morgan fingerprint density at radius 1 is 1.35 bits per heavy atom. The Balaban J connectivity index is 2.22. The molecule has 0 aliphatic heterocycles. The zero-order valence-electron chi connectivity index (χ0n) is 15.1. The maximum Gasteiger partial charge on any atom is 0.328 e. The lowest BCUT2D eigenvalue weighted by Crippen LogP contribution is -2.53. The number of carbonyl (C=O) groups is 1. The molecule has 0 heterocycles. The first-order chi connectivity index (χ1) is 10.6. The van der Waals surface area contributed by atoms with Gasteiger partial charge in [0.1, 0.15) is 0 Å². The van der Waals surface area contributed by atoms with Crippen molar-refractivity contribution in [1.29, 1.82) is 0 Å². The molecular formula is C20H32O3. The van der Waals surface area contributed by atoms with Crippen LogP contribution in [0.2, 0.25) is 0 Å². The standard InChI is InChI=1S/C20H32O3/c1-13(10-18(22)23)6-8-16-14(2)7-9-17-19(3,4)11-15(21)12-20(16,17)5/h10,15-17,21H,2,6-9,11-12H2,1,3-5H3,(H,22,23)/b13-10-/t15-,16+,17-,20+/m1/s1. The molecule has 130 valence electrons. The van der Waals surface area contributed by atoms with Crippen LogP contribution >= 0.6 is 0 Å². The molecule has 2 rings (SSSR count). The van der Waals surface area contributed by atoms with Crippen LogP contribution in [-0.4, -0.2) is 22.3 Å². The lowest BCUT2D eigenvalue weighted by Gasteiger charge is -2.59. The number of aliphatic hydroxyl groups excluding tert-OH is 1. The van der Waals surface area contributed by atoms with E-state index in [4.69, 9.17) is 5.11 Å². The zero-order valence-corrected chi connectivity index (χ0v) is 15.1. The van der Waals surface area contributed by atoms with Crippen molar-refractivity contribution in [3.8, 4) is 0 Å². The highest BCUT2D eigenvalue weighted by Gasteiger charge is 2.54. The van der Waals surface area contributed by atoms with Crippen molar-refractivity contribution in [1.82, 2.24) is 0 Å². The molecule has 0 aromatic carbocycles. The molecule has 3 nitrogen and oxygen atoms in total. The van der Waals surface area contributed by atoms with Crippen LogP contribution in [0, 0.1) is 22.7 Å². The minimum atomic E-state index is -0.872. The first-order valence-electron chi connectivity index (χ1n) is 8.82. The molecule has 0 unspecified atom stereocenters. The number of hydrogen-bond acceptors (Lipinski definition) is 2. The Kier molecular flexibility index (Phi) is 5.10. The van der Waals surface area contributed by atoms with Crippen molar-refractivity contribution in [3.63, 3.8) is 0 Å². The lowest BCUT2D eigenvalue weighted by molar-refractivity contribution is -0.131. The molecule has 0 saturated heterocycles. The normalized spacial score (nSPS) is 37.3. The van der Waals surface area contributed by atoms with Crippen LogP contribution < -0.4 is 0 Å². The van der Waals surface area contributed by atoms with Crippen molar-refractivity contribution in [3.05, 3.63) is 23.8 Å². The van der Waals surface area contributed by atoms with Crippen molar-refractivity contribution in [2.24, 2.45) is 22.7 Å². The molecule has 0 aromatic rings. The summed E-state index contributed by atoms with van der Waals surface area (Å²) in [5, 5.41) is 19.3. The summed E-state index contributed by atoms with van der Waals surface area (Å²) in [6.45, 7) is 13.1. The Morgan fingerprint density at radius 2 is 2.00 bits per heavy atom. The van der Waals surface area contributed by atoms with Gasteiger partial charge < -0.3 is 10.2 Å². The van der Waals surface area contributed by atoms with Crippen molar-refractivity contribution in [2.75, 3.05) is 0 Å².